The molecule has 0 bridgehead atoms. The number of Topliss-reactive ketones (excluding diaryl/α,β-unsaturated/α-hetero) is 1. The van der Waals surface area contributed by atoms with Crippen LogP contribution in [-0.2, 0) is 6.42 Å². The molecule has 0 saturated heterocycles. The Balaban J connectivity index is 1.82. The Hall–Kier alpha value is -3.03. The zero-order valence-electron chi connectivity index (χ0n) is 16.3. The van der Waals surface area contributed by atoms with E-state index in [1.54, 1.807) is 13.0 Å². The van der Waals surface area contributed by atoms with Crippen LogP contribution in [0.4, 0.5) is 8.78 Å². The molecule has 1 heterocycles. The predicted octanol–water partition coefficient (Wildman–Crippen LogP) is 3.62. The monoisotopic (exact) mass is 404 g/mol. The van der Waals surface area contributed by atoms with Crippen LogP contribution in [0, 0.1) is 5.41 Å². The second kappa shape index (κ2) is 7.77. The lowest BCUT2D eigenvalue weighted by Gasteiger charge is -2.29. The molecule has 1 aromatic heterocycles. The van der Waals surface area contributed by atoms with Crippen LogP contribution in [0.2, 0.25) is 0 Å². The van der Waals surface area contributed by atoms with Crippen LogP contribution in [0.15, 0.2) is 35.1 Å². The van der Waals surface area contributed by atoms with Crippen LogP contribution in [0.25, 0.3) is 0 Å². The van der Waals surface area contributed by atoms with Gasteiger partial charge in [0.15, 0.2) is 5.78 Å². The van der Waals surface area contributed by atoms with Gasteiger partial charge in [0, 0.05) is 17.7 Å². The van der Waals surface area contributed by atoms with E-state index >= 15 is 0 Å². The van der Waals surface area contributed by atoms with Crippen molar-refractivity contribution in [3.63, 3.8) is 0 Å². The van der Waals surface area contributed by atoms with Crippen LogP contribution < -0.4 is 15.6 Å². The molecule has 1 amide bonds. The number of carbonyl (C=O) groups excluding carboxylic acids is 2. The topological polar surface area (TPSA) is 88.3 Å². The van der Waals surface area contributed by atoms with Gasteiger partial charge in [-0.2, -0.15) is 8.78 Å². The lowest BCUT2D eigenvalue weighted by Crippen LogP contribution is -2.35. The number of pyridine rings is 1. The summed E-state index contributed by atoms with van der Waals surface area (Å²) in [5, 5.41) is 2.66. The van der Waals surface area contributed by atoms with Gasteiger partial charge in [-0.15, -0.1) is 0 Å². The molecule has 0 spiro atoms. The Morgan fingerprint density at radius 3 is 2.62 bits per heavy atom. The molecule has 154 valence electrons. The van der Waals surface area contributed by atoms with Crippen molar-refractivity contribution in [1.82, 2.24) is 10.3 Å². The van der Waals surface area contributed by atoms with Crippen molar-refractivity contribution in [1.29, 1.82) is 0 Å². The number of halogens is 2. The Morgan fingerprint density at radius 1 is 1.21 bits per heavy atom. The molecule has 1 unspecified atom stereocenters. The third-order valence-electron chi connectivity index (χ3n) is 4.89. The maximum Gasteiger partial charge on any atom is 0.387 e. The smallest absolute Gasteiger partial charge is 0.387 e. The summed E-state index contributed by atoms with van der Waals surface area (Å²) in [5.41, 5.74) is 0.434. The Bertz CT molecular complexity index is 1010. The minimum Gasteiger partial charge on any atom is -0.435 e. The standard InChI is InChI=1S/C21H22F2N2O4/c1-11(12-5-4-6-13(7-12)29-20(22)23)24-18(27)15-8-14-16(25-19(15)28)9-21(2,3)10-17(14)26/h4-8,11,20H,9-10H2,1-3H3,(H,24,27)(H,25,28). The molecule has 29 heavy (non-hydrogen) atoms. The summed E-state index contributed by atoms with van der Waals surface area (Å²) in [6, 6.07) is 6.71. The van der Waals surface area contributed by atoms with Gasteiger partial charge in [-0.3, -0.25) is 14.4 Å². The Morgan fingerprint density at radius 2 is 1.93 bits per heavy atom. The number of hydrogen-bond donors (Lipinski definition) is 2. The van der Waals surface area contributed by atoms with E-state index in [-0.39, 0.29) is 22.5 Å². The number of nitrogens with one attached hydrogen (secondary N) is 2. The van der Waals surface area contributed by atoms with Gasteiger partial charge in [-0.1, -0.05) is 26.0 Å². The molecule has 2 N–H and O–H groups in total. The number of aromatic amines is 1. The van der Waals surface area contributed by atoms with Crippen molar-refractivity contribution in [3.05, 3.63) is 63.1 Å². The minimum absolute atomic E-state index is 0.0292. The molecule has 3 rings (SSSR count). The minimum atomic E-state index is -2.95. The number of fused-ring (bicyclic) bond motifs is 1. The van der Waals surface area contributed by atoms with Gasteiger partial charge < -0.3 is 15.0 Å². The molecule has 8 heteroatoms. The number of carbonyl (C=O) groups is 2. The molecule has 1 aromatic carbocycles. The van der Waals surface area contributed by atoms with Crippen molar-refractivity contribution in [2.24, 2.45) is 5.41 Å². The van der Waals surface area contributed by atoms with E-state index < -0.39 is 24.1 Å². The lowest BCUT2D eigenvalue weighted by molar-refractivity contribution is -0.0499. The number of rotatable bonds is 5. The number of amides is 1. The fourth-order valence-electron chi connectivity index (χ4n) is 3.51. The first kappa shape index (κ1) is 20.7. The highest BCUT2D eigenvalue weighted by Crippen LogP contribution is 2.33. The largest absolute Gasteiger partial charge is 0.435 e. The SMILES string of the molecule is CC(NC(=O)c1cc2c([nH]c1=O)CC(C)(C)CC2=O)c1cccc(OC(F)F)c1. The first-order valence-electron chi connectivity index (χ1n) is 9.21. The molecule has 1 aliphatic rings. The quantitative estimate of drug-likeness (QED) is 0.797. The molecule has 1 aliphatic carbocycles. The zero-order chi connectivity index (χ0) is 21.3. The third-order valence-corrected chi connectivity index (χ3v) is 4.89. The van der Waals surface area contributed by atoms with Crippen LogP contribution >= 0.6 is 0 Å². The number of ketones is 1. The van der Waals surface area contributed by atoms with E-state index in [1.807, 2.05) is 13.8 Å². The van der Waals surface area contributed by atoms with E-state index in [1.165, 1.54) is 24.3 Å². The van der Waals surface area contributed by atoms with Gasteiger partial charge in [-0.05, 0) is 42.5 Å². The summed E-state index contributed by atoms with van der Waals surface area (Å²) >= 11 is 0. The van der Waals surface area contributed by atoms with E-state index in [2.05, 4.69) is 15.0 Å². The second-order valence-corrected chi connectivity index (χ2v) is 7.99. The van der Waals surface area contributed by atoms with Crippen molar-refractivity contribution >= 4 is 11.7 Å². The first-order valence-corrected chi connectivity index (χ1v) is 9.21. The molecule has 0 saturated carbocycles. The van der Waals surface area contributed by atoms with Gasteiger partial charge >= 0.3 is 6.61 Å². The fraction of sp³-hybridized carbons (Fsp3) is 0.381. The maximum absolute atomic E-state index is 12.6. The summed E-state index contributed by atoms with van der Waals surface area (Å²) in [4.78, 5) is 40.1. The lowest BCUT2D eigenvalue weighted by atomic mass is 9.75. The van der Waals surface area contributed by atoms with E-state index in [0.29, 0.717) is 29.7 Å². The van der Waals surface area contributed by atoms with Crippen molar-refractivity contribution in [3.8, 4) is 5.75 Å². The van der Waals surface area contributed by atoms with Gasteiger partial charge in [0.1, 0.15) is 11.3 Å². The summed E-state index contributed by atoms with van der Waals surface area (Å²) in [6.45, 7) is 2.59. The third kappa shape index (κ3) is 4.70. The first-order chi connectivity index (χ1) is 13.6. The number of H-pyrrole nitrogens is 1. The van der Waals surface area contributed by atoms with Gasteiger partial charge in [0.05, 0.1) is 6.04 Å². The van der Waals surface area contributed by atoms with Crippen LogP contribution in [0.3, 0.4) is 0 Å². The molecule has 1 atom stereocenters. The number of hydrogen-bond acceptors (Lipinski definition) is 4. The fourth-order valence-corrected chi connectivity index (χ4v) is 3.51. The molecule has 6 nitrogen and oxygen atoms in total. The number of benzene rings is 1. The molecule has 0 radical (unpaired) electrons. The summed E-state index contributed by atoms with van der Waals surface area (Å²) in [7, 11) is 0. The van der Waals surface area contributed by atoms with Gasteiger partial charge in [0.2, 0.25) is 0 Å². The summed E-state index contributed by atoms with van der Waals surface area (Å²) in [5.74, 6) is -0.802. The Labute approximate surface area is 166 Å². The van der Waals surface area contributed by atoms with Crippen molar-refractivity contribution in [2.45, 2.75) is 46.3 Å². The molecular formula is C21H22F2N2O4. The van der Waals surface area contributed by atoms with E-state index in [0.717, 1.165) is 0 Å². The Kier molecular flexibility index (Phi) is 5.55. The average molecular weight is 404 g/mol. The highest BCUT2D eigenvalue weighted by atomic mass is 19.3. The maximum atomic E-state index is 12.6. The molecule has 0 fully saturated rings. The van der Waals surface area contributed by atoms with Gasteiger partial charge in [-0.25, -0.2) is 0 Å². The second-order valence-electron chi connectivity index (χ2n) is 7.99. The van der Waals surface area contributed by atoms with Crippen LogP contribution in [-0.4, -0.2) is 23.3 Å². The normalized spacial score (nSPS) is 16.3. The summed E-state index contributed by atoms with van der Waals surface area (Å²) < 4.78 is 29.1. The number of alkyl halides is 2. The zero-order valence-corrected chi connectivity index (χ0v) is 16.3. The number of ether oxygens (including phenoxy) is 1. The molecule has 2 aromatic rings. The van der Waals surface area contributed by atoms with E-state index in [4.69, 9.17) is 0 Å². The van der Waals surface area contributed by atoms with Crippen LogP contribution in [0.1, 0.15) is 65.2 Å². The average Bonchev–Trinajstić information content (AvgIpc) is 2.59. The van der Waals surface area contributed by atoms with Gasteiger partial charge in [0.25, 0.3) is 11.5 Å². The number of aromatic nitrogens is 1. The molecule has 0 aliphatic heterocycles. The summed E-state index contributed by atoms with van der Waals surface area (Å²) in [6.07, 6.45) is 0.874. The van der Waals surface area contributed by atoms with Crippen LogP contribution in [0.5, 0.6) is 5.75 Å². The molecular weight excluding hydrogens is 382 g/mol. The van der Waals surface area contributed by atoms with Crippen molar-refractivity contribution in [2.75, 3.05) is 0 Å². The predicted molar refractivity (Wildman–Crippen MR) is 102 cm³/mol. The highest BCUT2D eigenvalue weighted by Gasteiger charge is 2.32. The highest BCUT2D eigenvalue weighted by molar-refractivity contribution is 6.02. The van der Waals surface area contributed by atoms with Crippen molar-refractivity contribution < 1.29 is 23.1 Å². The van der Waals surface area contributed by atoms with E-state index in [9.17, 15) is 23.2 Å².